The molecule has 8 heteroatoms. The Morgan fingerprint density at radius 2 is 1.97 bits per heavy atom. The van der Waals surface area contributed by atoms with Crippen molar-refractivity contribution < 1.29 is 14.3 Å². The van der Waals surface area contributed by atoms with Crippen molar-refractivity contribution in [1.82, 2.24) is 14.5 Å². The van der Waals surface area contributed by atoms with Gasteiger partial charge >= 0.3 is 0 Å². The molecule has 2 bridgehead atoms. The molecule has 8 nitrogen and oxygen atoms in total. The van der Waals surface area contributed by atoms with E-state index in [9.17, 15) is 4.79 Å². The zero-order chi connectivity index (χ0) is 23.3. The molecule has 1 amide bonds. The highest BCUT2D eigenvalue weighted by Crippen LogP contribution is 2.33. The van der Waals surface area contributed by atoms with Crippen molar-refractivity contribution in [3.63, 3.8) is 0 Å². The van der Waals surface area contributed by atoms with Crippen LogP contribution in [-0.4, -0.2) is 39.3 Å². The molecule has 1 atom stereocenters. The average molecular weight is 454 g/mol. The van der Waals surface area contributed by atoms with Crippen LogP contribution < -0.4 is 10.5 Å². The van der Waals surface area contributed by atoms with E-state index in [1.165, 1.54) is 18.9 Å². The van der Waals surface area contributed by atoms with Crippen LogP contribution >= 0.6 is 0 Å². The first kappa shape index (κ1) is 21.3. The minimum absolute atomic E-state index is 0.348. The Morgan fingerprint density at radius 3 is 2.88 bits per heavy atom. The maximum atomic E-state index is 12.0. The number of primary amides is 1. The lowest BCUT2D eigenvalue weighted by molar-refractivity contribution is -0.120. The molecule has 5 rings (SSSR count). The van der Waals surface area contributed by atoms with Crippen LogP contribution in [0.1, 0.15) is 0 Å². The van der Waals surface area contributed by atoms with Gasteiger partial charge in [0.15, 0.2) is 6.40 Å². The largest absolute Gasteiger partial charge is 0.453 e. The minimum Gasteiger partial charge on any atom is -0.453 e. The Hall–Kier alpha value is -4.59. The van der Waals surface area contributed by atoms with E-state index >= 15 is 0 Å². The fourth-order valence-electron chi connectivity index (χ4n) is 4.00. The number of nitrogens with two attached hydrogens (primary N) is 1. The summed E-state index contributed by atoms with van der Waals surface area (Å²) in [5, 5.41) is 2.10. The molecule has 1 unspecified atom stereocenters. The number of pyridine rings is 1. The van der Waals surface area contributed by atoms with Gasteiger partial charge < -0.3 is 24.7 Å². The van der Waals surface area contributed by atoms with Gasteiger partial charge in [-0.1, -0.05) is 42.5 Å². The third kappa shape index (κ3) is 4.33. The molecule has 2 N–H and O–H groups in total. The summed E-state index contributed by atoms with van der Waals surface area (Å²) in [6.07, 6.45) is 19.3. The summed E-state index contributed by atoms with van der Waals surface area (Å²) in [5.74, 6) is 0.588. The summed E-state index contributed by atoms with van der Waals surface area (Å²) in [6.45, 7) is 0.982. The van der Waals surface area contributed by atoms with Crippen molar-refractivity contribution in [2.24, 2.45) is 10.7 Å². The van der Waals surface area contributed by atoms with Gasteiger partial charge in [0.05, 0.1) is 18.3 Å². The van der Waals surface area contributed by atoms with Crippen molar-refractivity contribution in [3.05, 3.63) is 97.4 Å². The normalized spacial score (nSPS) is 18.3. The molecular formula is C26H23N5O3. The number of hydrogen-bond donors (Lipinski definition) is 1. The van der Waals surface area contributed by atoms with E-state index in [1.807, 2.05) is 48.7 Å². The van der Waals surface area contributed by atoms with E-state index in [-0.39, 0.29) is 0 Å². The second-order valence-corrected chi connectivity index (χ2v) is 7.75. The molecule has 2 aliphatic rings. The topological polar surface area (TPSA) is 95.0 Å². The van der Waals surface area contributed by atoms with Crippen LogP contribution in [0.2, 0.25) is 0 Å². The highest BCUT2D eigenvalue weighted by Gasteiger charge is 2.29. The number of ether oxygens (including phenoxy) is 2. The lowest BCUT2D eigenvalue weighted by Gasteiger charge is -2.19. The van der Waals surface area contributed by atoms with Gasteiger partial charge in [-0.05, 0) is 24.3 Å². The highest BCUT2D eigenvalue weighted by molar-refractivity contribution is 6.06. The van der Waals surface area contributed by atoms with Gasteiger partial charge in [0.25, 0.3) is 0 Å². The molecule has 1 aromatic carbocycles. The molecule has 170 valence electrons. The van der Waals surface area contributed by atoms with Gasteiger partial charge in [-0.3, -0.25) is 4.79 Å². The SMILES string of the molecule is NC(=O)C1C=C2CN1C=CN=COC=CC=CC=CCn1ccc3c4ccccc4nc(c31)O2. The van der Waals surface area contributed by atoms with Crippen molar-refractivity contribution in [2.45, 2.75) is 12.6 Å². The molecular weight excluding hydrogens is 430 g/mol. The Morgan fingerprint density at radius 1 is 1.09 bits per heavy atom. The molecule has 0 saturated heterocycles. The Kier molecular flexibility index (Phi) is 5.94. The van der Waals surface area contributed by atoms with E-state index in [2.05, 4.69) is 21.7 Å². The van der Waals surface area contributed by atoms with Crippen LogP contribution in [0.4, 0.5) is 0 Å². The fraction of sp³-hybridized carbons (Fsp3) is 0.115. The maximum absolute atomic E-state index is 12.0. The van der Waals surface area contributed by atoms with E-state index in [1.54, 1.807) is 23.3 Å². The number of hydrogen-bond acceptors (Lipinski definition) is 6. The summed E-state index contributed by atoms with van der Waals surface area (Å²) in [4.78, 5) is 22.7. The first-order chi connectivity index (χ1) is 16.7. The standard InChI is InChI=1S/C26H23N5O3/c27-25(32)23-16-19-17-31(23)14-11-28-18-33-15-7-3-1-2-6-12-30-13-10-21-20-8-4-5-9-22(20)29-26(34-19)24(21)30/h1-11,13-16,18,23H,12,17H2,(H2,27,32). The number of aliphatic imine (C=N–C) groups is 1. The number of fused-ring (bicyclic) bond motifs is 4. The van der Waals surface area contributed by atoms with Crippen LogP contribution in [0.5, 0.6) is 5.88 Å². The molecule has 0 aliphatic carbocycles. The Labute approximate surface area is 196 Å². The van der Waals surface area contributed by atoms with Crippen LogP contribution in [-0.2, 0) is 16.1 Å². The van der Waals surface area contributed by atoms with E-state index in [0.717, 1.165) is 21.8 Å². The molecule has 2 aliphatic heterocycles. The number of amides is 1. The summed E-state index contributed by atoms with van der Waals surface area (Å²) < 4.78 is 13.6. The maximum Gasteiger partial charge on any atom is 0.244 e. The number of para-hydroxylation sites is 1. The minimum atomic E-state index is -0.649. The summed E-state index contributed by atoms with van der Waals surface area (Å²) in [7, 11) is 0. The fourth-order valence-corrected chi connectivity index (χ4v) is 4.00. The first-order valence-corrected chi connectivity index (χ1v) is 10.8. The van der Waals surface area contributed by atoms with Crippen molar-refractivity contribution in [2.75, 3.05) is 6.54 Å². The van der Waals surface area contributed by atoms with Crippen LogP contribution in [0, 0.1) is 0 Å². The number of rotatable bonds is 1. The summed E-state index contributed by atoms with van der Waals surface area (Å²) >= 11 is 0. The molecule has 2 aromatic heterocycles. The molecule has 34 heavy (non-hydrogen) atoms. The van der Waals surface area contributed by atoms with Crippen molar-refractivity contribution in [3.8, 4) is 5.88 Å². The molecule has 0 spiro atoms. The number of aromatic nitrogens is 2. The van der Waals surface area contributed by atoms with Crippen LogP contribution in [0.25, 0.3) is 21.8 Å². The smallest absolute Gasteiger partial charge is 0.244 e. The third-order valence-corrected chi connectivity index (χ3v) is 5.54. The van der Waals surface area contributed by atoms with E-state index in [0.29, 0.717) is 24.7 Å². The number of benzene rings is 1. The van der Waals surface area contributed by atoms with Crippen LogP contribution in [0.15, 0.2) is 102 Å². The first-order valence-electron chi connectivity index (χ1n) is 10.8. The van der Waals surface area contributed by atoms with Crippen LogP contribution in [0.3, 0.4) is 0 Å². The van der Waals surface area contributed by atoms with Gasteiger partial charge in [-0.25, -0.2) is 9.98 Å². The van der Waals surface area contributed by atoms with Gasteiger partial charge in [-0.15, -0.1) is 0 Å². The van der Waals surface area contributed by atoms with E-state index < -0.39 is 11.9 Å². The summed E-state index contributed by atoms with van der Waals surface area (Å²) in [6, 6.07) is 9.39. The highest BCUT2D eigenvalue weighted by atomic mass is 16.5. The van der Waals surface area contributed by atoms with Crippen molar-refractivity contribution in [1.29, 1.82) is 0 Å². The molecule has 0 fully saturated rings. The van der Waals surface area contributed by atoms with Gasteiger partial charge in [0.2, 0.25) is 11.8 Å². The Balaban J connectivity index is 1.60. The zero-order valence-electron chi connectivity index (χ0n) is 18.3. The molecule has 3 aromatic rings. The molecule has 4 heterocycles. The predicted octanol–water partition coefficient (Wildman–Crippen LogP) is 3.78. The number of nitrogens with zero attached hydrogens (tertiary/aromatic N) is 4. The second-order valence-electron chi connectivity index (χ2n) is 7.75. The van der Waals surface area contributed by atoms with Gasteiger partial charge in [0.1, 0.15) is 17.3 Å². The average Bonchev–Trinajstić information content (AvgIpc) is 3.44. The van der Waals surface area contributed by atoms with Crippen molar-refractivity contribution >= 4 is 34.1 Å². The molecule has 0 radical (unpaired) electrons. The number of allylic oxidation sites excluding steroid dienone is 5. The Bertz CT molecular complexity index is 1410. The van der Waals surface area contributed by atoms with E-state index in [4.69, 9.17) is 20.2 Å². The number of carbonyl (C=O) groups excluding carboxylic acids is 1. The lowest BCUT2D eigenvalue weighted by atomic mass is 10.1. The van der Waals surface area contributed by atoms with Gasteiger partial charge in [-0.2, -0.15) is 0 Å². The zero-order valence-corrected chi connectivity index (χ0v) is 18.3. The second kappa shape index (κ2) is 9.50. The quantitative estimate of drug-likeness (QED) is 0.605. The predicted molar refractivity (Wildman–Crippen MR) is 132 cm³/mol. The third-order valence-electron chi connectivity index (χ3n) is 5.54. The monoisotopic (exact) mass is 453 g/mol. The van der Waals surface area contributed by atoms with Gasteiger partial charge in [0, 0.05) is 35.9 Å². The number of carbonyl (C=O) groups is 1. The molecule has 0 saturated carbocycles. The summed E-state index contributed by atoms with van der Waals surface area (Å²) in [5.41, 5.74) is 7.35. The lowest BCUT2D eigenvalue weighted by Crippen LogP contribution is -2.37.